The highest BCUT2D eigenvalue weighted by atomic mass is 15.1. The Balaban J connectivity index is 0.000000671. The highest BCUT2D eigenvalue weighted by Gasteiger charge is 2.50. The van der Waals surface area contributed by atoms with Crippen molar-refractivity contribution in [3.8, 4) is 6.07 Å². The van der Waals surface area contributed by atoms with Crippen molar-refractivity contribution in [2.45, 2.75) is 33.6 Å². The van der Waals surface area contributed by atoms with E-state index in [9.17, 15) is 0 Å². The molecule has 0 radical (unpaired) electrons. The van der Waals surface area contributed by atoms with Crippen LogP contribution in [0.4, 0.5) is 0 Å². The lowest BCUT2D eigenvalue weighted by atomic mass is 10.0. The van der Waals surface area contributed by atoms with E-state index in [1.54, 1.807) is 0 Å². The zero-order chi connectivity index (χ0) is 10.5. The van der Waals surface area contributed by atoms with Crippen molar-refractivity contribution in [2.24, 2.45) is 11.3 Å². The van der Waals surface area contributed by atoms with E-state index in [1.807, 2.05) is 13.8 Å². The number of rotatable bonds is 3. The van der Waals surface area contributed by atoms with Crippen molar-refractivity contribution < 1.29 is 0 Å². The SMILES string of the molecule is CC.CC1CC1(CC#N)CN(C)C. The molecule has 2 unspecified atom stereocenters. The molecule has 0 N–H and O–H groups in total. The summed E-state index contributed by atoms with van der Waals surface area (Å²) in [5, 5.41) is 8.60. The molecule has 1 saturated carbocycles. The maximum Gasteiger partial charge on any atom is 0.0628 e. The molecule has 2 heteroatoms. The molecule has 2 nitrogen and oxygen atoms in total. The molecule has 13 heavy (non-hydrogen) atoms. The Kier molecular flexibility index (Phi) is 5.02. The van der Waals surface area contributed by atoms with Crippen LogP contribution in [0.1, 0.15) is 33.6 Å². The molecule has 76 valence electrons. The summed E-state index contributed by atoms with van der Waals surface area (Å²) < 4.78 is 0. The smallest absolute Gasteiger partial charge is 0.0628 e. The average Bonchev–Trinajstić information content (AvgIpc) is 2.64. The van der Waals surface area contributed by atoms with Gasteiger partial charge < -0.3 is 4.90 Å². The number of hydrogen-bond donors (Lipinski definition) is 0. The van der Waals surface area contributed by atoms with Crippen LogP contribution in [-0.2, 0) is 0 Å². The van der Waals surface area contributed by atoms with Crippen LogP contribution < -0.4 is 0 Å². The number of nitrogens with zero attached hydrogens (tertiary/aromatic N) is 2. The van der Waals surface area contributed by atoms with Crippen LogP contribution in [0.3, 0.4) is 0 Å². The third kappa shape index (κ3) is 3.36. The fourth-order valence-electron chi connectivity index (χ4n) is 1.86. The van der Waals surface area contributed by atoms with Gasteiger partial charge in [-0.3, -0.25) is 0 Å². The first-order valence-electron chi connectivity index (χ1n) is 5.12. The zero-order valence-electron chi connectivity index (χ0n) is 9.59. The predicted octanol–water partition coefficient (Wildman–Crippen LogP) is 2.51. The van der Waals surface area contributed by atoms with Gasteiger partial charge in [0.05, 0.1) is 6.07 Å². The summed E-state index contributed by atoms with van der Waals surface area (Å²) in [6, 6.07) is 2.28. The first-order valence-corrected chi connectivity index (χ1v) is 5.12. The highest BCUT2D eigenvalue weighted by molar-refractivity contribution is 5.05. The quantitative estimate of drug-likeness (QED) is 0.670. The number of nitriles is 1. The molecule has 1 aliphatic carbocycles. The summed E-state index contributed by atoms with van der Waals surface area (Å²) in [6.45, 7) is 7.31. The molecule has 0 aromatic rings. The van der Waals surface area contributed by atoms with Crippen molar-refractivity contribution in [1.29, 1.82) is 5.26 Å². The summed E-state index contributed by atoms with van der Waals surface area (Å²) in [7, 11) is 4.15. The molecule has 0 aromatic heterocycles. The van der Waals surface area contributed by atoms with Crippen LogP contribution in [0.25, 0.3) is 0 Å². The summed E-state index contributed by atoms with van der Waals surface area (Å²) in [5.41, 5.74) is 0.345. The first kappa shape index (κ1) is 12.4. The van der Waals surface area contributed by atoms with Gasteiger partial charge in [-0.25, -0.2) is 0 Å². The Hall–Kier alpha value is -0.550. The lowest BCUT2D eigenvalue weighted by Gasteiger charge is -2.17. The van der Waals surface area contributed by atoms with E-state index in [0.717, 1.165) is 18.9 Å². The van der Waals surface area contributed by atoms with Gasteiger partial charge in [-0.05, 0) is 31.8 Å². The molecular formula is C11H22N2. The Morgan fingerprint density at radius 3 is 2.15 bits per heavy atom. The van der Waals surface area contributed by atoms with E-state index in [0.29, 0.717) is 5.41 Å². The fourth-order valence-corrected chi connectivity index (χ4v) is 1.86. The second-order valence-corrected chi connectivity index (χ2v) is 4.04. The minimum atomic E-state index is 0.345. The van der Waals surface area contributed by atoms with Crippen LogP contribution in [0, 0.1) is 22.7 Å². The number of hydrogen-bond acceptors (Lipinski definition) is 2. The van der Waals surface area contributed by atoms with E-state index in [-0.39, 0.29) is 0 Å². The average molecular weight is 182 g/mol. The van der Waals surface area contributed by atoms with Gasteiger partial charge in [0, 0.05) is 13.0 Å². The van der Waals surface area contributed by atoms with Gasteiger partial charge in [-0.1, -0.05) is 20.8 Å². The Labute approximate surface area is 82.5 Å². The van der Waals surface area contributed by atoms with Crippen LogP contribution in [-0.4, -0.2) is 25.5 Å². The molecule has 1 rings (SSSR count). The van der Waals surface area contributed by atoms with E-state index in [1.165, 1.54) is 6.42 Å². The van der Waals surface area contributed by atoms with Crippen molar-refractivity contribution >= 4 is 0 Å². The van der Waals surface area contributed by atoms with E-state index in [2.05, 4.69) is 32.0 Å². The highest BCUT2D eigenvalue weighted by Crippen LogP contribution is 2.54. The van der Waals surface area contributed by atoms with Crippen LogP contribution in [0.2, 0.25) is 0 Å². The summed E-state index contributed by atoms with van der Waals surface area (Å²) in [4.78, 5) is 2.18. The molecule has 0 bridgehead atoms. The Morgan fingerprint density at radius 2 is 1.92 bits per heavy atom. The molecule has 0 amide bonds. The molecule has 2 atom stereocenters. The van der Waals surface area contributed by atoms with E-state index < -0.39 is 0 Å². The molecule has 0 aromatic carbocycles. The second-order valence-electron chi connectivity index (χ2n) is 4.04. The minimum Gasteiger partial charge on any atom is -0.309 e. The lowest BCUT2D eigenvalue weighted by Crippen LogP contribution is -2.23. The van der Waals surface area contributed by atoms with Gasteiger partial charge in [0.25, 0.3) is 0 Å². The largest absolute Gasteiger partial charge is 0.309 e. The van der Waals surface area contributed by atoms with Gasteiger partial charge in [-0.15, -0.1) is 0 Å². The monoisotopic (exact) mass is 182 g/mol. The molecule has 1 fully saturated rings. The zero-order valence-corrected chi connectivity index (χ0v) is 9.59. The third-order valence-electron chi connectivity index (χ3n) is 2.66. The van der Waals surface area contributed by atoms with Gasteiger partial charge in [0.1, 0.15) is 0 Å². The first-order chi connectivity index (χ1) is 6.10. The van der Waals surface area contributed by atoms with Gasteiger partial charge in [0.15, 0.2) is 0 Å². The van der Waals surface area contributed by atoms with E-state index in [4.69, 9.17) is 5.26 Å². The Bertz CT molecular complexity index is 181. The predicted molar refractivity (Wildman–Crippen MR) is 56.3 cm³/mol. The van der Waals surface area contributed by atoms with Crippen molar-refractivity contribution in [1.82, 2.24) is 4.90 Å². The van der Waals surface area contributed by atoms with Crippen LogP contribution >= 0.6 is 0 Å². The molecule has 0 aliphatic heterocycles. The fraction of sp³-hybridized carbons (Fsp3) is 0.909. The standard InChI is InChI=1S/C9H16N2.C2H6/c1-8-6-9(8,4-5-10)7-11(2)3;1-2/h8H,4,6-7H2,1-3H3;1-2H3. The summed E-state index contributed by atoms with van der Waals surface area (Å²) in [5.74, 6) is 0.754. The van der Waals surface area contributed by atoms with Crippen molar-refractivity contribution in [2.75, 3.05) is 20.6 Å². The minimum absolute atomic E-state index is 0.345. The maximum atomic E-state index is 8.60. The normalized spacial score (nSPS) is 30.4. The van der Waals surface area contributed by atoms with Gasteiger partial charge >= 0.3 is 0 Å². The topological polar surface area (TPSA) is 27.0 Å². The maximum absolute atomic E-state index is 8.60. The summed E-state index contributed by atoms with van der Waals surface area (Å²) >= 11 is 0. The summed E-state index contributed by atoms with van der Waals surface area (Å²) in [6.07, 6.45) is 1.96. The molecular weight excluding hydrogens is 160 g/mol. The molecule has 0 spiro atoms. The van der Waals surface area contributed by atoms with Crippen LogP contribution in [0.5, 0.6) is 0 Å². The molecule has 0 saturated heterocycles. The second kappa shape index (κ2) is 5.24. The molecule has 1 aliphatic rings. The third-order valence-corrected chi connectivity index (χ3v) is 2.66. The van der Waals surface area contributed by atoms with Crippen LogP contribution in [0.15, 0.2) is 0 Å². The van der Waals surface area contributed by atoms with E-state index >= 15 is 0 Å². The van der Waals surface area contributed by atoms with Gasteiger partial charge in [0.2, 0.25) is 0 Å². The Morgan fingerprint density at radius 1 is 1.46 bits per heavy atom. The van der Waals surface area contributed by atoms with Crippen molar-refractivity contribution in [3.05, 3.63) is 0 Å². The van der Waals surface area contributed by atoms with Gasteiger partial charge in [-0.2, -0.15) is 5.26 Å². The lowest BCUT2D eigenvalue weighted by molar-refractivity contribution is 0.296. The molecule has 0 heterocycles. The van der Waals surface area contributed by atoms with Crippen molar-refractivity contribution in [3.63, 3.8) is 0 Å².